The maximum atomic E-state index is 12.8. The lowest BCUT2D eigenvalue weighted by Gasteiger charge is -2.29. The van der Waals surface area contributed by atoms with Crippen LogP contribution in [0.3, 0.4) is 0 Å². The Morgan fingerprint density at radius 1 is 0.970 bits per heavy atom. The van der Waals surface area contributed by atoms with Crippen molar-refractivity contribution in [3.63, 3.8) is 0 Å². The Balaban J connectivity index is 2.15. The first-order valence-corrected chi connectivity index (χ1v) is 10.5. The Bertz CT molecular complexity index is 978. The molecule has 0 atom stereocenters. The van der Waals surface area contributed by atoms with Crippen LogP contribution in [-0.4, -0.2) is 33.3 Å². The third-order valence-corrected chi connectivity index (χ3v) is 5.89. The third kappa shape index (κ3) is 6.38. The normalized spacial score (nSPS) is 13.7. The van der Waals surface area contributed by atoms with Gasteiger partial charge in [0, 0.05) is 9.75 Å². The van der Waals surface area contributed by atoms with Gasteiger partial charge in [-0.2, -0.15) is 26.3 Å². The van der Waals surface area contributed by atoms with Gasteiger partial charge in [-0.25, -0.2) is 0 Å². The van der Waals surface area contributed by atoms with Crippen molar-refractivity contribution in [1.82, 2.24) is 0 Å². The van der Waals surface area contributed by atoms with Gasteiger partial charge in [0.25, 0.3) is 5.60 Å². The van der Waals surface area contributed by atoms with E-state index in [1.807, 2.05) is 0 Å². The molecule has 1 aromatic heterocycles. The second kappa shape index (κ2) is 10.7. The van der Waals surface area contributed by atoms with Crippen molar-refractivity contribution in [2.24, 2.45) is 0 Å². The predicted octanol–water partition coefficient (Wildman–Crippen LogP) is 5.52. The second-order valence-electron chi connectivity index (χ2n) is 6.97. The monoisotopic (exact) mass is 496 g/mol. The first-order chi connectivity index (χ1) is 15.4. The SMILES string of the molecule is CC/C(=C\C=C\C(O)(C(F)(F)F)C(F)(F)F)c1ccc(COc2ccc(CO)c(CO)c2)s1. The first kappa shape index (κ1) is 26.9. The molecule has 0 radical (unpaired) electrons. The third-order valence-electron chi connectivity index (χ3n) is 4.76. The molecule has 11 heteroatoms. The zero-order valence-corrected chi connectivity index (χ0v) is 18.2. The lowest BCUT2D eigenvalue weighted by atomic mass is 10.0. The summed E-state index contributed by atoms with van der Waals surface area (Å²) in [6.45, 7) is 1.33. The summed E-state index contributed by atoms with van der Waals surface area (Å²) >= 11 is 1.25. The van der Waals surface area contributed by atoms with Crippen molar-refractivity contribution in [3.8, 4) is 5.75 Å². The van der Waals surface area contributed by atoms with Crippen molar-refractivity contribution < 1.29 is 46.4 Å². The van der Waals surface area contributed by atoms with E-state index in [1.54, 1.807) is 37.3 Å². The number of aliphatic hydroxyl groups excluding tert-OH is 2. The van der Waals surface area contributed by atoms with E-state index in [2.05, 4.69) is 0 Å². The molecule has 2 rings (SSSR count). The van der Waals surface area contributed by atoms with Crippen molar-refractivity contribution >= 4 is 16.9 Å². The Morgan fingerprint density at radius 2 is 1.61 bits per heavy atom. The minimum atomic E-state index is -5.92. The van der Waals surface area contributed by atoms with Gasteiger partial charge in [-0.15, -0.1) is 11.3 Å². The molecule has 0 saturated carbocycles. The van der Waals surface area contributed by atoms with Gasteiger partial charge in [0.15, 0.2) is 0 Å². The predicted molar refractivity (Wildman–Crippen MR) is 111 cm³/mol. The molecule has 0 aliphatic heterocycles. The minimum Gasteiger partial charge on any atom is -0.488 e. The number of thiophene rings is 1. The molecular formula is C22H22F6O4S. The standard InChI is InChI=1S/C22H22F6O4S/c1-2-14(4-3-9-20(31,21(23,24)25)22(26,27)28)19-8-7-18(33-19)13-32-17-6-5-15(11-29)16(10-17)12-30/h3-10,29-31H,2,11-13H2,1H3/b9-3+,14-4+. The molecule has 0 aliphatic rings. The second-order valence-corrected chi connectivity index (χ2v) is 8.14. The molecule has 0 bridgehead atoms. The fourth-order valence-corrected chi connectivity index (χ4v) is 3.82. The molecule has 33 heavy (non-hydrogen) atoms. The van der Waals surface area contributed by atoms with Gasteiger partial charge in [0.2, 0.25) is 0 Å². The van der Waals surface area contributed by atoms with Gasteiger partial charge in [-0.3, -0.25) is 0 Å². The van der Waals surface area contributed by atoms with E-state index in [9.17, 15) is 41.7 Å². The lowest BCUT2D eigenvalue weighted by Crippen LogP contribution is -2.55. The molecule has 1 aromatic carbocycles. The summed E-state index contributed by atoms with van der Waals surface area (Å²) in [6.07, 6.45) is -10.2. The van der Waals surface area contributed by atoms with Gasteiger partial charge in [-0.1, -0.05) is 25.1 Å². The lowest BCUT2D eigenvalue weighted by molar-refractivity contribution is -0.347. The molecule has 3 N–H and O–H groups in total. The van der Waals surface area contributed by atoms with Crippen LogP contribution in [0.4, 0.5) is 26.3 Å². The van der Waals surface area contributed by atoms with Crippen LogP contribution in [-0.2, 0) is 19.8 Å². The maximum Gasteiger partial charge on any atom is 0.430 e. The van der Waals surface area contributed by atoms with E-state index in [1.165, 1.54) is 11.3 Å². The number of ether oxygens (including phenoxy) is 1. The zero-order chi connectivity index (χ0) is 24.9. The highest BCUT2D eigenvalue weighted by atomic mass is 32.1. The summed E-state index contributed by atoms with van der Waals surface area (Å²) in [5.74, 6) is 0.457. The Hall–Kier alpha value is -2.34. The number of allylic oxidation sites excluding steroid dienone is 3. The molecule has 0 spiro atoms. The summed E-state index contributed by atoms with van der Waals surface area (Å²) in [6, 6.07) is 8.22. The number of benzene rings is 1. The molecule has 0 saturated heterocycles. The number of alkyl halides is 6. The largest absolute Gasteiger partial charge is 0.488 e. The van der Waals surface area contributed by atoms with Crippen molar-refractivity contribution in [2.45, 2.75) is 51.1 Å². The summed E-state index contributed by atoms with van der Waals surface area (Å²) in [4.78, 5) is 1.36. The number of hydrogen-bond acceptors (Lipinski definition) is 5. The molecule has 0 fully saturated rings. The van der Waals surface area contributed by atoms with E-state index in [-0.39, 0.29) is 25.9 Å². The number of hydrogen-bond donors (Lipinski definition) is 3. The zero-order valence-electron chi connectivity index (χ0n) is 17.4. The fourth-order valence-electron chi connectivity index (χ4n) is 2.80. The number of aliphatic hydroxyl groups is 3. The average Bonchev–Trinajstić information content (AvgIpc) is 3.22. The molecule has 1 heterocycles. The van der Waals surface area contributed by atoms with Crippen LogP contribution in [0.25, 0.3) is 5.57 Å². The van der Waals surface area contributed by atoms with Crippen molar-refractivity contribution in [1.29, 1.82) is 0 Å². The smallest absolute Gasteiger partial charge is 0.430 e. The van der Waals surface area contributed by atoms with Crippen LogP contribution in [0.1, 0.15) is 34.2 Å². The quantitative estimate of drug-likeness (QED) is 0.316. The molecule has 4 nitrogen and oxygen atoms in total. The first-order valence-electron chi connectivity index (χ1n) is 9.66. The van der Waals surface area contributed by atoms with E-state index in [0.717, 1.165) is 11.0 Å². The van der Waals surface area contributed by atoms with E-state index in [4.69, 9.17) is 4.74 Å². The summed E-state index contributed by atoms with van der Waals surface area (Å²) in [7, 11) is 0. The average molecular weight is 496 g/mol. The van der Waals surface area contributed by atoms with E-state index >= 15 is 0 Å². The Labute approximate surface area is 190 Å². The van der Waals surface area contributed by atoms with Crippen molar-refractivity contribution in [2.75, 3.05) is 0 Å². The van der Waals surface area contributed by atoms with Crippen LogP contribution in [0, 0.1) is 0 Å². The van der Waals surface area contributed by atoms with Crippen LogP contribution < -0.4 is 4.74 Å². The Morgan fingerprint density at radius 3 is 2.15 bits per heavy atom. The van der Waals surface area contributed by atoms with Crippen LogP contribution >= 0.6 is 11.3 Å². The number of rotatable bonds is 9. The summed E-state index contributed by atoms with van der Waals surface area (Å²) < 4.78 is 82.3. The molecular weight excluding hydrogens is 474 g/mol. The summed E-state index contributed by atoms with van der Waals surface area (Å²) in [5.41, 5.74) is -3.38. The van der Waals surface area contributed by atoms with Crippen LogP contribution in [0.5, 0.6) is 5.75 Å². The van der Waals surface area contributed by atoms with E-state index < -0.39 is 18.0 Å². The molecule has 0 aliphatic carbocycles. The molecule has 2 aromatic rings. The van der Waals surface area contributed by atoms with Gasteiger partial charge < -0.3 is 20.1 Å². The molecule has 182 valence electrons. The highest BCUT2D eigenvalue weighted by Crippen LogP contribution is 2.44. The Kier molecular flexibility index (Phi) is 8.75. The molecule has 0 amide bonds. The minimum absolute atomic E-state index is 0.142. The topological polar surface area (TPSA) is 69.9 Å². The van der Waals surface area contributed by atoms with Crippen LogP contribution in [0.15, 0.2) is 48.6 Å². The van der Waals surface area contributed by atoms with Gasteiger partial charge in [0.1, 0.15) is 12.4 Å². The highest BCUT2D eigenvalue weighted by Gasteiger charge is 2.68. The van der Waals surface area contributed by atoms with Gasteiger partial charge in [0.05, 0.1) is 13.2 Å². The molecule has 0 unspecified atom stereocenters. The van der Waals surface area contributed by atoms with Gasteiger partial charge in [-0.05, 0) is 53.5 Å². The van der Waals surface area contributed by atoms with Crippen molar-refractivity contribution in [3.05, 3.63) is 69.4 Å². The highest BCUT2D eigenvalue weighted by molar-refractivity contribution is 7.13. The van der Waals surface area contributed by atoms with Crippen LogP contribution in [0.2, 0.25) is 0 Å². The van der Waals surface area contributed by atoms with Gasteiger partial charge >= 0.3 is 12.4 Å². The summed E-state index contributed by atoms with van der Waals surface area (Å²) in [5, 5.41) is 27.8. The van der Waals surface area contributed by atoms with E-state index in [0.29, 0.717) is 39.8 Å². The number of halogens is 6. The fraction of sp³-hybridized carbons (Fsp3) is 0.364. The maximum absolute atomic E-state index is 12.8.